The van der Waals surface area contributed by atoms with Crippen LogP contribution in [0.15, 0.2) is 18.2 Å². The molecule has 0 unspecified atom stereocenters. The van der Waals surface area contributed by atoms with Crippen molar-refractivity contribution in [3.8, 4) is 11.8 Å². The molecular weight excluding hydrogens is 250 g/mol. The highest BCUT2D eigenvalue weighted by Gasteiger charge is 2.19. The molecule has 20 heavy (non-hydrogen) atoms. The molecule has 1 aromatic carbocycles. The fourth-order valence-electron chi connectivity index (χ4n) is 2.72. The molecule has 2 rings (SSSR count). The first kappa shape index (κ1) is 14.7. The summed E-state index contributed by atoms with van der Waals surface area (Å²) in [5, 5.41) is 12.5. The molecule has 1 fully saturated rings. The van der Waals surface area contributed by atoms with E-state index in [9.17, 15) is 0 Å². The van der Waals surface area contributed by atoms with E-state index in [2.05, 4.69) is 23.2 Å². The number of benzene rings is 1. The molecule has 0 aliphatic carbocycles. The van der Waals surface area contributed by atoms with E-state index < -0.39 is 0 Å². The van der Waals surface area contributed by atoms with Gasteiger partial charge in [0.15, 0.2) is 0 Å². The van der Waals surface area contributed by atoms with Crippen molar-refractivity contribution in [2.24, 2.45) is 0 Å². The van der Waals surface area contributed by atoms with Gasteiger partial charge in [0.25, 0.3) is 0 Å². The van der Waals surface area contributed by atoms with Gasteiger partial charge in [-0.3, -0.25) is 0 Å². The normalized spacial score (nSPS) is 16.6. The van der Waals surface area contributed by atoms with Crippen LogP contribution in [0.1, 0.15) is 31.7 Å². The molecule has 1 aromatic rings. The van der Waals surface area contributed by atoms with Gasteiger partial charge >= 0.3 is 0 Å². The predicted molar refractivity (Wildman–Crippen MR) is 81.1 cm³/mol. The molecule has 0 bridgehead atoms. The quantitative estimate of drug-likeness (QED) is 0.896. The van der Waals surface area contributed by atoms with Gasteiger partial charge in [-0.15, -0.1) is 0 Å². The highest BCUT2D eigenvalue weighted by atomic mass is 16.5. The van der Waals surface area contributed by atoms with Crippen LogP contribution in [0.2, 0.25) is 0 Å². The predicted octanol–water partition coefficient (Wildman–Crippen LogP) is 2.85. The van der Waals surface area contributed by atoms with Crippen molar-refractivity contribution < 1.29 is 4.74 Å². The van der Waals surface area contributed by atoms with E-state index in [1.54, 1.807) is 13.2 Å². The number of likely N-dealkylation sites (tertiary alicyclic amines) is 1. The Balaban J connectivity index is 1.96. The topological polar surface area (TPSA) is 48.3 Å². The van der Waals surface area contributed by atoms with E-state index in [1.165, 1.54) is 13.0 Å². The Labute approximate surface area is 121 Å². The van der Waals surface area contributed by atoms with Gasteiger partial charge in [-0.1, -0.05) is 6.92 Å². The number of rotatable bonds is 5. The summed E-state index contributed by atoms with van der Waals surface area (Å²) >= 11 is 0. The van der Waals surface area contributed by atoms with Gasteiger partial charge in [-0.05, 0) is 37.9 Å². The van der Waals surface area contributed by atoms with Crippen molar-refractivity contribution in [2.45, 2.75) is 32.2 Å². The zero-order valence-electron chi connectivity index (χ0n) is 12.4. The number of hydrogen-bond acceptors (Lipinski definition) is 4. The molecule has 0 atom stereocenters. The minimum Gasteiger partial charge on any atom is -0.495 e. The van der Waals surface area contributed by atoms with Crippen LogP contribution < -0.4 is 10.1 Å². The number of anilines is 1. The maximum Gasteiger partial charge on any atom is 0.143 e. The van der Waals surface area contributed by atoms with E-state index >= 15 is 0 Å². The van der Waals surface area contributed by atoms with Crippen LogP contribution in [0.3, 0.4) is 0 Å². The first-order valence-electron chi connectivity index (χ1n) is 7.33. The number of piperidine rings is 1. The number of nitrogens with zero attached hydrogens (tertiary/aromatic N) is 2. The van der Waals surface area contributed by atoms with Crippen LogP contribution in [0.5, 0.6) is 5.75 Å². The number of nitrogens with one attached hydrogen (secondary N) is 1. The van der Waals surface area contributed by atoms with E-state index in [1.807, 2.05) is 12.1 Å². The van der Waals surface area contributed by atoms with Gasteiger partial charge in [-0.25, -0.2) is 0 Å². The Morgan fingerprint density at radius 1 is 1.40 bits per heavy atom. The van der Waals surface area contributed by atoms with E-state index in [0.717, 1.165) is 37.4 Å². The lowest BCUT2D eigenvalue weighted by atomic mass is 10.0. The Bertz CT molecular complexity index is 473. The second-order valence-electron chi connectivity index (χ2n) is 5.29. The third-order valence-corrected chi connectivity index (χ3v) is 3.82. The number of hydrogen-bond donors (Lipinski definition) is 1. The number of ether oxygens (including phenoxy) is 1. The lowest BCUT2D eigenvalue weighted by molar-refractivity contribution is 0.219. The zero-order chi connectivity index (χ0) is 14.4. The van der Waals surface area contributed by atoms with E-state index in [4.69, 9.17) is 10.00 Å². The summed E-state index contributed by atoms with van der Waals surface area (Å²) in [6.45, 7) is 5.74. The smallest absolute Gasteiger partial charge is 0.143 e. The number of nitriles is 1. The van der Waals surface area contributed by atoms with Crippen molar-refractivity contribution in [3.63, 3.8) is 0 Å². The second-order valence-corrected chi connectivity index (χ2v) is 5.29. The van der Waals surface area contributed by atoms with Crippen LogP contribution in [0.25, 0.3) is 0 Å². The van der Waals surface area contributed by atoms with Gasteiger partial charge in [0.05, 0.1) is 24.4 Å². The molecule has 1 heterocycles. The maximum absolute atomic E-state index is 8.92. The van der Waals surface area contributed by atoms with Crippen LogP contribution in [-0.2, 0) is 0 Å². The minimum atomic E-state index is 0.491. The summed E-state index contributed by atoms with van der Waals surface area (Å²) in [6.07, 6.45) is 3.54. The van der Waals surface area contributed by atoms with Crippen molar-refractivity contribution in [1.29, 1.82) is 5.26 Å². The molecule has 1 N–H and O–H groups in total. The van der Waals surface area contributed by atoms with E-state index in [-0.39, 0.29) is 0 Å². The van der Waals surface area contributed by atoms with Gasteiger partial charge in [-0.2, -0.15) is 5.26 Å². The molecule has 0 saturated carbocycles. The monoisotopic (exact) mass is 273 g/mol. The Morgan fingerprint density at radius 3 is 2.75 bits per heavy atom. The van der Waals surface area contributed by atoms with Gasteiger partial charge in [0.1, 0.15) is 5.75 Å². The highest BCUT2D eigenvalue weighted by molar-refractivity contribution is 5.59. The lowest BCUT2D eigenvalue weighted by Gasteiger charge is -2.32. The molecule has 1 aliphatic heterocycles. The third-order valence-electron chi connectivity index (χ3n) is 3.82. The van der Waals surface area contributed by atoms with Gasteiger partial charge < -0.3 is 15.0 Å². The highest BCUT2D eigenvalue weighted by Crippen LogP contribution is 2.27. The SMILES string of the molecule is CCCN1CCC(Nc2ccc(C#N)cc2OC)CC1. The maximum atomic E-state index is 8.92. The molecule has 0 aromatic heterocycles. The lowest BCUT2D eigenvalue weighted by Crippen LogP contribution is -2.39. The van der Waals surface area contributed by atoms with Crippen LogP contribution in [-0.4, -0.2) is 37.7 Å². The standard InChI is InChI=1S/C16H23N3O/c1-3-8-19-9-6-14(7-10-19)18-15-5-4-13(12-17)11-16(15)20-2/h4-5,11,14,18H,3,6-10H2,1-2H3. The van der Waals surface area contributed by atoms with Gasteiger partial charge in [0.2, 0.25) is 0 Å². The zero-order valence-corrected chi connectivity index (χ0v) is 12.4. The molecular formula is C16H23N3O. The molecule has 108 valence electrons. The molecule has 0 amide bonds. The minimum absolute atomic E-state index is 0.491. The van der Waals surface area contributed by atoms with Gasteiger partial charge in [0, 0.05) is 25.2 Å². The summed E-state index contributed by atoms with van der Waals surface area (Å²) in [6, 6.07) is 8.19. The Kier molecular flexibility index (Phi) is 5.25. The van der Waals surface area contributed by atoms with E-state index in [0.29, 0.717) is 11.6 Å². The molecule has 4 nitrogen and oxygen atoms in total. The molecule has 0 spiro atoms. The van der Waals surface area contributed by atoms with Crippen LogP contribution >= 0.6 is 0 Å². The fourth-order valence-corrected chi connectivity index (χ4v) is 2.72. The van der Waals surface area contributed by atoms with Crippen molar-refractivity contribution in [2.75, 3.05) is 32.1 Å². The molecule has 1 saturated heterocycles. The summed E-state index contributed by atoms with van der Waals surface area (Å²) < 4.78 is 5.37. The first-order valence-corrected chi connectivity index (χ1v) is 7.33. The summed E-state index contributed by atoms with van der Waals surface area (Å²) in [5.41, 5.74) is 1.62. The number of methoxy groups -OCH3 is 1. The second kappa shape index (κ2) is 7.16. The average Bonchev–Trinajstić information content (AvgIpc) is 2.50. The summed E-state index contributed by atoms with van der Waals surface area (Å²) in [5.74, 6) is 0.750. The first-order chi connectivity index (χ1) is 9.76. The van der Waals surface area contributed by atoms with Crippen LogP contribution in [0, 0.1) is 11.3 Å². The fraction of sp³-hybridized carbons (Fsp3) is 0.562. The Hall–Kier alpha value is -1.73. The average molecular weight is 273 g/mol. The Morgan fingerprint density at radius 2 is 2.15 bits per heavy atom. The summed E-state index contributed by atoms with van der Waals surface area (Å²) in [4.78, 5) is 2.52. The molecule has 0 radical (unpaired) electrons. The largest absolute Gasteiger partial charge is 0.495 e. The third kappa shape index (κ3) is 3.64. The van der Waals surface area contributed by atoms with Crippen molar-refractivity contribution in [1.82, 2.24) is 4.90 Å². The molecule has 1 aliphatic rings. The van der Waals surface area contributed by atoms with Crippen molar-refractivity contribution in [3.05, 3.63) is 23.8 Å². The van der Waals surface area contributed by atoms with Crippen LogP contribution in [0.4, 0.5) is 5.69 Å². The molecule has 4 heteroatoms. The van der Waals surface area contributed by atoms with Crippen molar-refractivity contribution >= 4 is 5.69 Å². The summed E-state index contributed by atoms with van der Waals surface area (Å²) in [7, 11) is 1.64.